The summed E-state index contributed by atoms with van der Waals surface area (Å²) in [5.41, 5.74) is 2.42. The second-order valence-corrected chi connectivity index (χ2v) is 3.21. The summed E-state index contributed by atoms with van der Waals surface area (Å²) in [6.07, 6.45) is 1.40. The van der Waals surface area contributed by atoms with Crippen molar-refractivity contribution in [3.05, 3.63) is 22.5 Å². The normalized spacial score (nSPS) is 10.1. The number of aromatic nitrogens is 1. The lowest BCUT2D eigenvalue weighted by atomic mass is 10.1. The molecule has 1 aromatic rings. The number of hydrogen-bond acceptors (Lipinski definition) is 3. The van der Waals surface area contributed by atoms with E-state index in [9.17, 15) is 9.59 Å². The number of rotatable bonds is 4. The second kappa shape index (κ2) is 4.77. The molecule has 0 aromatic carbocycles. The van der Waals surface area contributed by atoms with Crippen LogP contribution in [0.4, 0.5) is 0 Å². The summed E-state index contributed by atoms with van der Waals surface area (Å²) >= 11 is 0. The minimum absolute atomic E-state index is 0.330. The van der Waals surface area contributed by atoms with Crippen LogP contribution in [0, 0.1) is 6.92 Å². The summed E-state index contributed by atoms with van der Waals surface area (Å²) in [7, 11) is 0. The molecule has 0 radical (unpaired) electrons. The molecule has 0 aliphatic rings. The summed E-state index contributed by atoms with van der Waals surface area (Å²) in [5, 5.41) is 0. The van der Waals surface area contributed by atoms with Crippen molar-refractivity contribution in [3.8, 4) is 0 Å². The molecule has 1 heterocycles. The molecule has 15 heavy (non-hydrogen) atoms. The Morgan fingerprint density at radius 1 is 1.47 bits per heavy atom. The second-order valence-electron chi connectivity index (χ2n) is 3.21. The fourth-order valence-electron chi connectivity index (χ4n) is 1.60. The maximum Gasteiger partial charge on any atom is 0.355 e. The standard InChI is InChI=1S/C11H15NO3/c1-4-8-9(6-13)7(3)12-10(8)11(14)15-5-2/h6,12H,4-5H2,1-3H3. The molecular formula is C11H15NO3. The molecule has 1 aromatic heterocycles. The van der Waals surface area contributed by atoms with Gasteiger partial charge in [0.2, 0.25) is 0 Å². The molecule has 0 spiro atoms. The van der Waals surface area contributed by atoms with Crippen molar-refractivity contribution in [2.75, 3.05) is 6.61 Å². The largest absolute Gasteiger partial charge is 0.461 e. The van der Waals surface area contributed by atoms with E-state index in [0.29, 0.717) is 30.0 Å². The van der Waals surface area contributed by atoms with Crippen LogP contribution in [0.2, 0.25) is 0 Å². The Balaban J connectivity index is 3.18. The summed E-state index contributed by atoms with van der Waals surface area (Å²) in [6.45, 7) is 5.75. The molecule has 0 bridgehead atoms. The van der Waals surface area contributed by atoms with E-state index in [1.165, 1.54) is 0 Å². The maximum atomic E-state index is 11.5. The molecule has 0 saturated carbocycles. The van der Waals surface area contributed by atoms with Crippen molar-refractivity contribution >= 4 is 12.3 Å². The lowest BCUT2D eigenvalue weighted by Crippen LogP contribution is -2.07. The third-order valence-corrected chi connectivity index (χ3v) is 2.29. The van der Waals surface area contributed by atoms with Crippen LogP contribution in [0.25, 0.3) is 0 Å². The van der Waals surface area contributed by atoms with Crippen LogP contribution in [0.5, 0.6) is 0 Å². The van der Waals surface area contributed by atoms with Crippen LogP contribution in [0.15, 0.2) is 0 Å². The zero-order valence-electron chi connectivity index (χ0n) is 9.22. The molecule has 0 saturated heterocycles. The lowest BCUT2D eigenvalue weighted by Gasteiger charge is -2.01. The van der Waals surface area contributed by atoms with Crippen LogP contribution in [-0.4, -0.2) is 23.8 Å². The predicted octanol–water partition coefficient (Wildman–Crippen LogP) is 1.87. The molecule has 4 nitrogen and oxygen atoms in total. The first-order valence-corrected chi connectivity index (χ1v) is 4.99. The minimum atomic E-state index is -0.398. The highest BCUT2D eigenvalue weighted by molar-refractivity contribution is 5.93. The molecule has 0 atom stereocenters. The Labute approximate surface area is 88.6 Å². The van der Waals surface area contributed by atoms with E-state index in [-0.39, 0.29) is 0 Å². The molecule has 0 aliphatic heterocycles. The first kappa shape index (κ1) is 11.5. The predicted molar refractivity (Wildman–Crippen MR) is 56.3 cm³/mol. The van der Waals surface area contributed by atoms with E-state index in [4.69, 9.17) is 4.74 Å². The van der Waals surface area contributed by atoms with Gasteiger partial charge in [-0.25, -0.2) is 4.79 Å². The van der Waals surface area contributed by atoms with E-state index in [1.54, 1.807) is 13.8 Å². The number of hydrogen-bond donors (Lipinski definition) is 1. The third kappa shape index (κ3) is 2.09. The first-order chi connectivity index (χ1) is 7.15. The van der Waals surface area contributed by atoms with Gasteiger partial charge in [-0.3, -0.25) is 4.79 Å². The molecule has 0 unspecified atom stereocenters. The van der Waals surface area contributed by atoms with Gasteiger partial charge in [0.25, 0.3) is 0 Å². The first-order valence-electron chi connectivity index (χ1n) is 4.99. The number of aromatic amines is 1. The van der Waals surface area contributed by atoms with Gasteiger partial charge in [0.15, 0.2) is 6.29 Å². The SMILES string of the molecule is CCOC(=O)c1[nH]c(C)c(C=O)c1CC. The molecule has 1 rings (SSSR count). The molecule has 4 heteroatoms. The summed E-state index contributed by atoms with van der Waals surface area (Å²) < 4.78 is 4.90. The fourth-order valence-corrected chi connectivity index (χ4v) is 1.60. The number of carbonyl (C=O) groups is 2. The Hall–Kier alpha value is -1.58. The number of aryl methyl sites for hydroxylation is 1. The molecule has 0 fully saturated rings. The van der Waals surface area contributed by atoms with E-state index >= 15 is 0 Å². The van der Waals surface area contributed by atoms with Gasteiger partial charge in [0.1, 0.15) is 5.69 Å². The molecule has 82 valence electrons. The zero-order valence-corrected chi connectivity index (χ0v) is 9.22. The van der Waals surface area contributed by atoms with Crippen LogP contribution in [0.1, 0.15) is 46.0 Å². The maximum absolute atomic E-state index is 11.5. The molecule has 0 aliphatic carbocycles. The van der Waals surface area contributed by atoms with Gasteiger partial charge < -0.3 is 9.72 Å². The lowest BCUT2D eigenvalue weighted by molar-refractivity contribution is 0.0519. The number of carbonyl (C=O) groups excluding carboxylic acids is 2. The Kier molecular flexibility index (Phi) is 3.66. The zero-order chi connectivity index (χ0) is 11.4. The van der Waals surface area contributed by atoms with E-state index in [0.717, 1.165) is 11.8 Å². The van der Waals surface area contributed by atoms with Gasteiger partial charge in [-0.05, 0) is 25.8 Å². The van der Waals surface area contributed by atoms with Crippen LogP contribution in [0.3, 0.4) is 0 Å². The van der Waals surface area contributed by atoms with Gasteiger partial charge >= 0.3 is 5.97 Å². The molecule has 1 N–H and O–H groups in total. The van der Waals surface area contributed by atoms with Gasteiger partial charge in [0, 0.05) is 11.3 Å². The summed E-state index contributed by atoms with van der Waals surface area (Å²) in [4.78, 5) is 25.3. The molecular weight excluding hydrogens is 194 g/mol. The van der Waals surface area contributed by atoms with E-state index in [1.807, 2.05) is 6.92 Å². The van der Waals surface area contributed by atoms with Crippen molar-refractivity contribution in [1.29, 1.82) is 0 Å². The summed E-state index contributed by atoms with van der Waals surface area (Å²) in [6, 6.07) is 0. The van der Waals surface area contributed by atoms with Gasteiger partial charge in [-0.2, -0.15) is 0 Å². The number of nitrogens with one attached hydrogen (secondary N) is 1. The van der Waals surface area contributed by atoms with Crippen molar-refractivity contribution in [2.45, 2.75) is 27.2 Å². The van der Waals surface area contributed by atoms with E-state index < -0.39 is 5.97 Å². The highest BCUT2D eigenvalue weighted by Gasteiger charge is 2.19. The minimum Gasteiger partial charge on any atom is -0.461 e. The molecule has 0 amide bonds. The van der Waals surface area contributed by atoms with Crippen molar-refractivity contribution in [1.82, 2.24) is 4.98 Å². The Bertz CT molecular complexity index is 379. The number of esters is 1. The average Bonchev–Trinajstić information content (AvgIpc) is 2.54. The monoisotopic (exact) mass is 209 g/mol. The van der Waals surface area contributed by atoms with Gasteiger partial charge in [-0.1, -0.05) is 6.92 Å². The topological polar surface area (TPSA) is 59.2 Å². The van der Waals surface area contributed by atoms with Crippen LogP contribution >= 0.6 is 0 Å². The summed E-state index contributed by atoms with van der Waals surface area (Å²) in [5.74, 6) is -0.398. The quantitative estimate of drug-likeness (QED) is 0.608. The van der Waals surface area contributed by atoms with Crippen molar-refractivity contribution in [3.63, 3.8) is 0 Å². The Morgan fingerprint density at radius 3 is 2.60 bits per heavy atom. The Morgan fingerprint density at radius 2 is 2.13 bits per heavy atom. The van der Waals surface area contributed by atoms with Gasteiger partial charge in [-0.15, -0.1) is 0 Å². The third-order valence-electron chi connectivity index (χ3n) is 2.29. The smallest absolute Gasteiger partial charge is 0.355 e. The van der Waals surface area contributed by atoms with Gasteiger partial charge in [0.05, 0.1) is 6.61 Å². The highest BCUT2D eigenvalue weighted by atomic mass is 16.5. The van der Waals surface area contributed by atoms with Crippen LogP contribution < -0.4 is 0 Å². The number of H-pyrrole nitrogens is 1. The highest BCUT2D eigenvalue weighted by Crippen LogP contribution is 2.18. The number of ether oxygens (including phenoxy) is 1. The van der Waals surface area contributed by atoms with Crippen molar-refractivity contribution < 1.29 is 14.3 Å². The van der Waals surface area contributed by atoms with E-state index in [2.05, 4.69) is 4.98 Å². The van der Waals surface area contributed by atoms with Crippen molar-refractivity contribution in [2.24, 2.45) is 0 Å². The fraction of sp³-hybridized carbons (Fsp3) is 0.455. The number of aldehydes is 1. The van der Waals surface area contributed by atoms with Crippen LogP contribution in [-0.2, 0) is 11.2 Å². The average molecular weight is 209 g/mol.